The fourth-order valence-corrected chi connectivity index (χ4v) is 2.57. The molecule has 0 aliphatic heterocycles. The lowest BCUT2D eigenvalue weighted by molar-refractivity contribution is 0.172. The number of aliphatic hydroxyl groups is 1. The van der Waals surface area contributed by atoms with E-state index in [1.165, 1.54) is 24.0 Å². The first-order valence-corrected chi connectivity index (χ1v) is 7.39. The Labute approximate surface area is 120 Å². The van der Waals surface area contributed by atoms with Gasteiger partial charge in [0.1, 0.15) is 0 Å². The molecule has 1 atom stereocenters. The van der Waals surface area contributed by atoms with Gasteiger partial charge in [-0.15, -0.1) is 0 Å². The SMILES string of the molecule is CCC(C)(CO)NC(=O)Nc1cccc2c1CCCC2. The zero-order valence-corrected chi connectivity index (χ0v) is 12.3. The number of nitrogens with one attached hydrogen (secondary N) is 2. The van der Waals surface area contributed by atoms with E-state index in [4.69, 9.17) is 0 Å². The Bertz CT molecular complexity index is 481. The number of anilines is 1. The predicted octanol–water partition coefficient (Wildman–Crippen LogP) is 2.85. The molecule has 2 rings (SSSR count). The van der Waals surface area contributed by atoms with Crippen LogP contribution in [-0.4, -0.2) is 23.3 Å². The number of amides is 2. The molecule has 1 aromatic rings. The lowest BCUT2D eigenvalue weighted by atomic mass is 9.90. The summed E-state index contributed by atoms with van der Waals surface area (Å²) >= 11 is 0. The highest BCUT2D eigenvalue weighted by atomic mass is 16.3. The Morgan fingerprint density at radius 2 is 2.10 bits per heavy atom. The number of benzene rings is 1. The van der Waals surface area contributed by atoms with Crippen molar-refractivity contribution in [3.8, 4) is 0 Å². The minimum atomic E-state index is -0.571. The summed E-state index contributed by atoms with van der Waals surface area (Å²) in [7, 11) is 0. The lowest BCUT2D eigenvalue weighted by Crippen LogP contribution is -2.50. The van der Waals surface area contributed by atoms with E-state index in [2.05, 4.69) is 16.7 Å². The van der Waals surface area contributed by atoms with Gasteiger partial charge in [0.25, 0.3) is 0 Å². The first-order valence-electron chi connectivity index (χ1n) is 7.39. The Balaban J connectivity index is 2.09. The van der Waals surface area contributed by atoms with Gasteiger partial charge in [0.15, 0.2) is 0 Å². The molecule has 0 spiro atoms. The molecule has 1 unspecified atom stereocenters. The summed E-state index contributed by atoms with van der Waals surface area (Å²) in [6.45, 7) is 3.72. The first kappa shape index (κ1) is 14.9. The summed E-state index contributed by atoms with van der Waals surface area (Å²) in [5, 5.41) is 15.1. The second-order valence-electron chi connectivity index (χ2n) is 5.80. The monoisotopic (exact) mass is 276 g/mol. The molecule has 0 saturated carbocycles. The third-order valence-corrected chi connectivity index (χ3v) is 4.19. The molecule has 4 heteroatoms. The molecular weight excluding hydrogens is 252 g/mol. The number of aryl methyl sites for hydroxylation is 1. The van der Waals surface area contributed by atoms with E-state index in [1.54, 1.807) is 0 Å². The summed E-state index contributed by atoms with van der Waals surface area (Å²) < 4.78 is 0. The highest BCUT2D eigenvalue weighted by Gasteiger charge is 2.23. The minimum Gasteiger partial charge on any atom is -0.394 e. The maximum Gasteiger partial charge on any atom is 0.319 e. The van der Waals surface area contributed by atoms with Crippen molar-refractivity contribution in [2.45, 2.75) is 51.5 Å². The number of rotatable bonds is 4. The Morgan fingerprint density at radius 1 is 1.35 bits per heavy atom. The van der Waals surface area contributed by atoms with Crippen molar-refractivity contribution in [2.24, 2.45) is 0 Å². The average molecular weight is 276 g/mol. The highest BCUT2D eigenvalue weighted by Crippen LogP contribution is 2.27. The maximum atomic E-state index is 12.1. The number of carbonyl (C=O) groups excluding carboxylic acids is 1. The summed E-state index contributed by atoms with van der Waals surface area (Å²) in [5.41, 5.74) is 2.93. The van der Waals surface area contributed by atoms with Crippen LogP contribution in [0.25, 0.3) is 0 Å². The summed E-state index contributed by atoms with van der Waals surface area (Å²) in [4.78, 5) is 12.1. The number of urea groups is 1. The van der Waals surface area contributed by atoms with E-state index in [0.717, 1.165) is 18.5 Å². The molecular formula is C16H24N2O2. The summed E-state index contributed by atoms with van der Waals surface area (Å²) in [6, 6.07) is 5.83. The van der Waals surface area contributed by atoms with Gasteiger partial charge in [-0.2, -0.15) is 0 Å². The molecule has 2 amide bonds. The first-order chi connectivity index (χ1) is 9.58. The van der Waals surface area contributed by atoms with Gasteiger partial charge in [-0.3, -0.25) is 0 Å². The molecule has 4 nitrogen and oxygen atoms in total. The van der Waals surface area contributed by atoms with Crippen molar-refractivity contribution >= 4 is 11.7 Å². The third-order valence-electron chi connectivity index (χ3n) is 4.19. The molecule has 0 fully saturated rings. The van der Waals surface area contributed by atoms with Crippen molar-refractivity contribution in [1.29, 1.82) is 0 Å². The van der Waals surface area contributed by atoms with Gasteiger partial charge in [-0.05, 0) is 56.2 Å². The predicted molar refractivity (Wildman–Crippen MR) is 81.0 cm³/mol. The number of hydrogen-bond acceptors (Lipinski definition) is 2. The van der Waals surface area contributed by atoms with Crippen LogP contribution < -0.4 is 10.6 Å². The topological polar surface area (TPSA) is 61.4 Å². The molecule has 3 N–H and O–H groups in total. The smallest absolute Gasteiger partial charge is 0.319 e. The van der Waals surface area contributed by atoms with E-state index in [1.807, 2.05) is 26.0 Å². The molecule has 0 saturated heterocycles. The van der Waals surface area contributed by atoms with E-state index in [0.29, 0.717) is 6.42 Å². The average Bonchev–Trinajstić information content (AvgIpc) is 2.47. The van der Waals surface area contributed by atoms with Crippen LogP contribution >= 0.6 is 0 Å². The largest absolute Gasteiger partial charge is 0.394 e. The number of carbonyl (C=O) groups is 1. The fourth-order valence-electron chi connectivity index (χ4n) is 2.57. The highest BCUT2D eigenvalue weighted by molar-refractivity contribution is 5.90. The molecule has 1 aliphatic carbocycles. The van der Waals surface area contributed by atoms with Crippen molar-refractivity contribution in [1.82, 2.24) is 5.32 Å². The Kier molecular flexibility index (Phi) is 4.65. The summed E-state index contributed by atoms with van der Waals surface area (Å²) in [5.74, 6) is 0. The van der Waals surface area contributed by atoms with Crippen LogP contribution in [0.15, 0.2) is 18.2 Å². The number of fused-ring (bicyclic) bond motifs is 1. The van der Waals surface area contributed by atoms with Crippen LogP contribution in [0.4, 0.5) is 10.5 Å². The van der Waals surface area contributed by atoms with Crippen molar-refractivity contribution in [3.63, 3.8) is 0 Å². The number of hydrogen-bond donors (Lipinski definition) is 3. The molecule has 1 aliphatic rings. The van der Waals surface area contributed by atoms with E-state index < -0.39 is 5.54 Å². The zero-order chi connectivity index (χ0) is 14.6. The van der Waals surface area contributed by atoms with Crippen molar-refractivity contribution in [3.05, 3.63) is 29.3 Å². The second-order valence-corrected chi connectivity index (χ2v) is 5.80. The van der Waals surface area contributed by atoms with Crippen molar-refractivity contribution in [2.75, 3.05) is 11.9 Å². The van der Waals surface area contributed by atoms with Gasteiger partial charge >= 0.3 is 6.03 Å². The zero-order valence-electron chi connectivity index (χ0n) is 12.3. The molecule has 0 radical (unpaired) electrons. The van der Waals surface area contributed by atoms with Gasteiger partial charge in [-0.1, -0.05) is 19.1 Å². The second kappa shape index (κ2) is 6.27. The van der Waals surface area contributed by atoms with Gasteiger partial charge in [0.2, 0.25) is 0 Å². The van der Waals surface area contributed by atoms with Crippen LogP contribution in [-0.2, 0) is 12.8 Å². The van der Waals surface area contributed by atoms with E-state index in [9.17, 15) is 9.90 Å². The van der Waals surface area contributed by atoms with Gasteiger partial charge < -0.3 is 15.7 Å². The molecule has 0 aromatic heterocycles. The van der Waals surface area contributed by atoms with Crippen LogP contribution in [0, 0.1) is 0 Å². The Morgan fingerprint density at radius 3 is 2.80 bits per heavy atom. The maximum absolute atomic E-state index is 12.1. The molecule has 20 heavy (non-hydrogen) atoms. The van der Waals surface area contributed by atoms with E-state index in [-0.39, 0.29) is 12.6 Å². The summed E-state index contributed by atoms with van der Waals surface area (Å²) in [6.07, 6.45) is 5.20. The molecule has 1 aromatic carbocycles. The van der Waals surface area contributed by atoms with Crippen LogP contribution in [0.1, 0.15) is 44.2 Å². The Hall–Kier alpha value is -1.55. The molecule has 0 heterocycles. The minimum absolute atomic E-state index is 0.0657. The number of aliphatic hydroxyl groups excluding tert-OH is 1. The van der Waals surface area contributed by atoms with Crippen LogP contribution in [0.2, 0.25) is 0 Å². The van der Waals surface area contributed by atoms with E-state index >= 15 is 0 Å². The van der Waals surface area contributed by atoms with Gasteiger partial charge in [-0.25, -0.2) is 4.79 Å². The molecule has 0 bridgehead atoms. The normalized spacial score (nSPS) is 16.9. The molecule has 110 valence electrons. The van der Waals surface area contributed by atoms with Crippen molar-refractivity contribution < 1.29 is 9.90 Å². The van der Waals surface area contributed by atoms with Gasteiger partial charge in [0.05, 0.1) is 12.1 Å². The standard InChI is InChI=1S/C16H24N2O2/c1-3-16(2,11-19)18-15(20)17-14-10-6-8-12-7-4-5-9-13(12)14/h6,8,10,19H,3-5,7,9,11H2,1-2H3,(H2,17,18,20). The third kappa shape index (κ3) is 3.31. The quantitative estimate of drug-likeness (QED) is 0.792. The lowest BCUT2D eigenvalue weighted by Gasteiger charge is -2.28. The van der Waals surface area contributed by atoms with Crippen LogP contribution in [0.5, 0.6) is 0 Å². The van der Waals surface area contributed by atoms with Gasteiger partial charge in [0, 0.05) is 5.69 Å². The van der Waals surface area contributed by atoms with Crippen LogP contribution in [0.3, 0.4) is 0 Å². The fraction of sp³-hybridized carbons (Fsp3) is 0.562.